The molecule has 3 saturated carbocycles. The van der Waals surface area contributed by atoms with Gasteiger partial charge < -0.3 is 10.3 Å². The van der Waals surface area contributed by atoms with Gasteiger partial charge in [0, 0.05) is 16.9 Å². The lowest BCUT2D eigenvalue weighted by Gasteiger charge is -2.42. The predicted octanol–water partition coefficient (Wildman–Crippen LogP) is 7.08. The summed E-state index contributed by atoms with van der Waals surface area (Å²) < 4.78 is 17.1. The topological polar surface area (TPSA) is 79.4 Å². The van der Waals surface area contributed by atoms with Crippen LogP contribution >= 0.6 is 22.9 Å². The second-order valence-corrected chi connectivity index (χ2v) is 11.0. The van der Waals surface area contributed by atoms with Crippen molar-refractivity contribution in [2.45, 2.75) is 38.1 Å². The van der Waals surface area contributed by atoms with Crippen LogP contribution in [0.1, 0.15) is 32.1 Å². The van der Waals surface area contributed by atoms with E-state index >= 15 is 4.39 Å². The molecule has 5 aromatic rings. The Bertz CT molecular complexity index is 1540. The van der Waals surface area contributed by atoms with Gasteiger partial charge in [-0.15, -0.1) is 11.3 Å². The molecule has 0 saturated heterocycles. The number of halogens is 2. The lowest BCUT2D eigenvalue weighted by molar-refractivity contribution is 0.157. The highest BCUT2D eigenvalue weighted by Crippen LogP contribution is 2.43. The third-order valence-electron chi connectivity index (χ3n) is 7.47. The fourth-order valence-electron chi connectivity index (χ4n) is 5.70. The van der Waals surface area contributed by atoms with E-state index in [2.05, 4.69) is 25.3 Å². The second-order valence-electron chi connectivity index (χ2n) is 9.57. The lowest BCUT2D eigenvalue weighted by Crippen LogP contribution is -2.40. The normalized spacial score (nSPS) is 21.7. The Hall–Kier alpha value is -3.10. The van der Waals surface area contributed by atoms with Gasteiger partial charge >= 0.3 is 0 Å². The second kappa shape index (κ2) is 8.24. The van der Waals surface area contributed by atoms with Gasteiger partial charge in [-0.1, -0.05) is 42.6 Å². The van der Waals surface area contributed by atoms with Crippen LogP contribution in [0.3, 0.4) is 0 Å². The van der Waals surface area contributed by atoms with E-state index in [-0.39, 0.29) is 17.0 Å². The third kappa shape index (κ3) is 3.67. The summed E-state index contributed by atoms with van der Waals surface area (Å²) in [6.45, 7) is 0. The van der Waals surface area contributed by atoms with Gasteiger partial charge in [0.2, 0.25) is 0 Å². The first kappa shape index (κ1) is 21.2. The van der Waals surface area contributed by atoms with Crippen LogP contribution in [0.15, 0.2) is 42.7 Å². The number of thiophene rings is 1. The Kier molecular flexibility index (Phi) is 4.99. The summed E-state index contributed by atoms with van der Waals surface area (Å²) in [5.74, 6) is 1.51. The SMILES string of the molecule is Fc1c(N[C@H]2CC3CCC2CC3)nc(-c2c[nH]c3ncc(Cl)nc23)nc1-c1cc2ccccc2s1. The van der Waals surface area contributed by atoms with E-state index in [0.29, 0.717) is 34.2 Å². The van der Waals surface area contributed by atoms with E-state index in [1.165, 1.54) is 43.2 Å². The molecule has 0 radical (unpaired) electrons. The molecular formula is C26H22ClFN6S. The molecular weight excluding hydrogens is 483 g/mol. The molecule has 176 valence electrons. The number of aromatic amines is 1. The molecule has 0 unspecified atom stereocenters. The van der Waals surface area contributed by atoms with Gasteiger partial charge in [-0.25, -0.2) is 24.3 Å². The molecule has 4 aromatic heterocycles. The van der Waals surface area contributed by atoms with Crippen molar-refractivity contribution in [3.63, 3.8) is 0 Å². The minimum Gasteiger partial charge on any atom is -0.364 e. The van der Waals surface area contributed by atoms with Crippen molar-refractivity contribution in [3.05, 3.63) is 53.7 Å². The van der Waals surface area contributed by atoms with Gasteiger partial charge in [-0.2, -0.15) is 0 Å². The van der Waals surface area contributed by atoms with E-state index in [1.54, 1.807) is 6.20 Å². The predicted molar refractivity (Wildman–Crippen MR) is 138 cm³/mol. The highest BCUT2D eigenvalue weighted by molar-refractivity contribution is 7.22. The summed E-state index contributed by atoms with van der Waals surface area (Å²) in [4.78, 5) is 22.0. The van der Waals surface area contributed by atoms with Gasteiger partial charge in [0.1, 0.15) is 16.4 Å². The van der Waals surface area contributed by atoms with Crippen molar-refractivity contribution in [1.29, 1.82) is 0 Å². The molecule has 3 aliphatic rings. The number of benzene rings is 1. The van der Waals surface area contributed by atoms with Crippen LogP contribution in [-0.4, -0.2) is 31.0 Å². The van der Waals surface area contributed by atoms with Crippen LogP contribution < -0.4 is 5.32 Å². The number of fused-ring (bicyclic) bond motifs is 5. The number of nitrogens with one attached hydrogen (secondary N) is 2. The molecule has 6 nitrogen and oxygen atoms in total. The third-order valence-corrected chi connectivity index (χ3v) is 8.78. The molecule has 8 rings (SSSR count). The van der Waals surface area contributed by atoms with Gasteiger partial charge in [0.25, 0.3) is 0 Å². The molecule has 0 aliphatic heterocycles. The zero-order valence-electron chi connectivity index (χ0n) is 18.8. The molecule has 0 spiro atoms. The van der Waals surface area contributed by atoms with Gasteiger partial charge in [-0.3, -0.25) is 0 Å². The molecule has 0 amide bonds. The van der Waals surface area contributed by atoms with Crippen LogP contribution in [0, 0.1) is 17.7 Å². The standard InChI is InChI=1S/C26H22ClFN6S/c27-20-12-30-26-22(32-20)16(11-29-26)24-33-23(19-10-15-3-1-2-4-18(15)35-19)21(28)25(34-24)31-17-9-13-5-7-14(17)8-6-13/h1-4,10-14,17H,5-9H2,(H,29,30)(H,31,33,34)/t13?,14?,17-/m0/s1. The first-order valence-corrected chi connectivity index (χ1v) is 13.1. The van der Waals surface area contributed by atoms with Gasteiger partial charge in [0.15, 0.2) is 23.1 Å². The average Bonchev–Trinajstić information content (AvgIpc) is 3.50. The average molecular weight is 505 g/mol. The minimum atomic E-state index is -0.411. The first-order chi connectivity index (χ1) is 17.1. The number of H-pyrrole nitrogens is 1. The Morgan fingerprint density at radius 2 is 1.94 bits per heavy atom. The van der Waals surface area contributed by atoms with Crippen molar-refractivity contribution < 1.29 is 4.39 Å². The van der Waals surface area contributed by atoms with Crippen LogP contribution in [0.5, 0.6) is 0 Å². The largest absolute Gasteiger partial charge is 0.364 e. The highest BCUT2D eigenvalue weighted by Gasteiger charge is 2.36. The van der Waals surface area contributed by atoms with Gasteiger partial charge in [0.05, 0.1) is 16.6 Å². The molecule has 3 fully saturated rings. The fourth-order valence-corrected chi connectivity index (χ4v) is 6.88. The maximum Gasteiger partial charge on any atom is 0.192 e. The summed E-state index contributed by atoms with van der Waals surface area (Å²) in [7, 11) is 0. The van der Waals surface area contributed by atoms with Crippen LogP contribution in [0.4, 0.5) is 10.2 Å². The molecule has 1 aromatic carbocycles. The highest BCUT2D eigenvalue weighted by atomic mass is 35.5. The Morgan fingerprint density at radius 1 is 1.09 bits per heavy atom. The van der Waals surface area contributed by atoms with Crippen molar-refractivity contribution in [1.82, 2.24) is 24.9 Å². The van der Waals surface area contributed by atoms with E-state index in [9.17, 15) is 0 Å². The number of aromatic nitrogens is 5. The minimum absolute atomic E-state index is 0.229. The number of anilines is 1. The number of hydrogen-bond donors (Lipinski definition) is 2. The van der Waals surface area contributed by atoms with Crippen molar-refractivity contribution >= 4 is 50.0 Å². The van der Waals surface area contributed by atoms with Crippen LogP contribution in [0.25, 0.3) is 43.2 Å². The first-order valence-electron chi connectivity index (χ1n) is 12.0. The number of hydrogen-bond acceptors (Lipinski definition) is 6. The van der Waals surface area contributed by atoms with E-state index < -0.39 is 5.82 Å². The van der Waals surface area contributed by atoms with E-state index in [4.69, 9.17) is 16.6 Å². The molecule has 4 heterocycles. The van der Waals surface area contributed by atoms with E-state index in [1.807, 2.05) is 30.3 Å². The number of rotatable bonds is 4. The maximum atomic E-state index is 16.0. The van der Waals surface area contributed by atoms with Crippen molar-refractivity contribution in [2.24, 2.45) is 11.8 Å². The lowest BCUT2D eigenvalue weighted by atomic mass is 9.68. The molecule has 9 heteroatoms. The molecule has 2 N–H and O–H groups in total. The van der Waals surface area contributed by atoms with Crippen LogP contribution in [0.2, 0.25) is 5.15 Å². The Labute approximate surface area is 210 Å². The number of nitrogens with zero attached hydrogens (tertiary/aromatic N) is 4. The maximum absolute atomic E-state index is 16.0. The fraction of sp³-hybridized carbons (Fsp3) is 0.308. The summed E-state index contributed by atoms with van der Waals surface area (Å²) in [5, 5.41) is 4.84. The zero-order chi connectivity index (χ0) is 23.5. The zero-order valence-corrected chi connectivity index (χ0v) is 20.3. The summed E-state index contributed by atoms with van der Waals surface area (Å²) in [6.07, 6.45) is 9.27. The Morgan fingerprint density at radius 3 is 2.74 bits per heavy atom. The summed E-state index contributed by atoms with van der Waals surface area (Å²) in [5.41, 5.74) is 2.09. The van der Waals surface area contributed by atoms with Crippen molar-refractivity contribution in [2.75, 3.05) is 5.32 Å². The molecule has 3 aliphatic carbocycles. The Balaban J connectivity index is 1.39. The summed E-state index contributed by atoms with van der Waals surface area (Å²) in [6, 6.07) is 10.3. The summed E-state index contributed by atoms with van der Waals surface area (Å²) >= 11 is 7.66. The van der Waals surface area contributed by atoms with E-state index in [0.717, 1.165) is 27.3 Å². The molecule has 1 atom stereocenters. The van der Waals surface area contributed by atoms with Gasteiger partial charge in [-0.05, 0) is 48.6 Å². The quantitative estimate of drug-likeness (QED) is 0.273. The van der Waals surface area contributed by atoms with Crippen LogP contribution in [-0.2, 0) is 0 Å². The molecule has 35 heavy (non-hydrogen) atoms. The smallest absolute Gasteiger partial charge is 0.192 e. The monoisotopic (exact) mass is 504 g/mol. The van der Waals surface area contributed by atoms with Crippen molar-refractivity contribution in [3.8, 4) is 22.0 Å². The molecule has 2 bridgehead atoms.